The molecule has 0 radical (unpaired) electrons. The molecule has 0 aliphatic rings. The number of pyridine rings is 1. The topological polar surface area (TPSA) is 95.9 Å². The van der Waals surface area contributed by atoms with Crippen LogP contribution in [0.4, 0.5) is 11.4 Å². The van der Waals surface area contributed by atoms with E-state index in [1.54, 1.807) is 36.1 Å². The second-order valence-electron chi connectivity index (χ2n) is 7.05. The van der Waals surface area contributed by atoms with Gasteiger partial charge in [-0.25, -0.2) is 9.78 Å². The molecule has 7 nitrogen and oxygen atoms in total. The van der Waals surface area contributed by atoms with Gasteiger partial charge in [-0.2, -0.15) is 5.26 Å². The van der Waals surface area contributed by atoms with Gasteiger partial charge in [0.2, 0.25) is 0 Å². The lowest BCUT2D eigenvalue weighted by Gasteiger charge is -2.17. The first-order chi connectivity index (χ1) is 12.7. The number of hydrogen-bond acceptors (Lipinski definition) is 5. The number of anilines is 2. The van der Waals surface area contributed by atoms with E-state index in [9.17, 15) is 15.2 Å². The Kier molecular flexibility index (Phi) is 4.96. The van der Waals surface area contributed by atoms with Crippen LogP contribution in [0.5, 0.6) is 0 Å². The van der Waals surface area contributed by atoms with E-state index in [1.165, 1.54) is 6.20 Å². The molecule has 2 N–H and O–H groups in total. The van der Waals surface area contributed by atoms with Crippen molar-refractivity contribution in [2.75, 3.05) is 5.32 Å². The highest BCUT2D eigenvalue weighted by Crippen LogP contribution is 2.25. The molecular formula is C19H20ClN5O2. The number of nitrogens with zero attached hydrogens (tertiary/aromatic N) is 4. The lowest BCUT2D eigenvalue weighted by atomic mass is 10.1. The lowest BCUT2D eigenvalue weighted by molar-refractivity contribution is 0.0662. The molecule has 0 bridgehead atoms. The van der Waals surface area contributed by atoms with Crippen LogP contribution in [0, 0.1) is 11.3 Å². The molecule has 2 heterocycles. The molecule has 3 aromatic rings. The van der Waals surface area contributed by atoms with Crippen LogP contribution in [-0.2, 0) is 13.6 Å². The average molecular weight is 386 g/mol. The molecule has 27 heavy (non-hydrogen) atoms. The molecule has 0 aliphatic heterocycles. The number of aliphatic hydroxyl groups is 1. The van der Waals surface area contributed by atoms with Gasteiger partial charge in [0.05, 0.1) is 27.9 Å². The van der Waals surface area contributed by atoms with Gasteiger partial charge in [0, 0.05) is 31.5 Å². The summed E-state index contributed by atoms with van der Waals surface area (Å²) in [6.45, 7) is 3.83. The van der Waals surface area contributed by atoms with Crippen LogP contribution >= 0.6 is 11.6 Å². The highest BCUT2D eigenvalue weighted by Gasteiger charge is 2.17. The highest BCUT2D eigenvalue weighted by molar-refractivity contribution is 6.29. The van der Waals surface area contributed by atoms with Crippen molar-refractivity contribution in [3.8, 4) is 6.07 Å². The molecule has 3 rings (SSSR count). The van der Waals surface area contributed by atoms with E-state index in [4.69, 9.17) is 11.6 Å². The molecule has 0 aliphatic carbocycles. The molecule has 0 spiro atoms. The molecule has 0 fully saturated rings. The SMILES string of the molecule is Cn1c(=O)n(CCC(C)(C)O)c2cc(Nc3cc(Cl)ncc3C#N)ccc21. The minimum absolute atomic E-state index is 0.143. The van der Waals surface area contributed by atoms with E-state index < -0.39 is 5.60 Å². The number of benzene rings is 1. The molecule has 140 valence electrons. The smallest absolute Gasteiger partial charge is 0.328 e. The molecule has 0 saturated heterocycles. The summed E-state index contributed by atoms with van der Waals surface area (Å²) >= 11 is 5.94. The normalized spacial score (nSPS) is 11.6. The van der Waals surface area contributed by atoms with Crippen LogP contribution in [0.3, 0.4) is 0 Å². The number of nitriles is 1. The maximum Gasteiger partial charge on any atom is 0.328 e. The summed E-state index contributed by atoms with van der Waals surface area (Å²) in [5.41, 5.74) is 2.14. The fourth-order valence-electron chi connectivity index (χ4n) is 2.87. The van der Waals surface area contributed by atoms with Gasteiger partial charge in [-0.15, -0.1) is 0 Å². The van der Waals surface area contributed by atoms with Crippen LogP contribution in [-0.4, -0.2) is 24.8 Å². The van der Waals surface area contributed by atoms with Crippen LogP contribution in [0.1, 0.15) is 25.8 Å². The predicted octanol–water partition coefficient (Wildman–Crippen LogP) is 3.16. The Balaban J connectivity index is 2.03. The van der Waals surface area contributed by atoms with Crippen molar-refractivity contribution in [1.82, 2.24) is 14.1 Å². The van der Waals surface area contributed by atoms with Crippen LogP contribution < -0.4 is 11.0 Å². The van der Waals surface area contributed by atoms with Gasteiger partial charge in [-0.3, -0.25) is 9.13 Å². The zero-order valence-electron chi connectivity index (χ0n) is 15.3. The summed E-state index contributed by atoms with van der Waals surface area (Å²) in [7, 11) is 1.72. The third-order valence-corrected chi connectivity index (χ3v) is 4.57. The van der Waals surface area contributed by atoms with Gasteiger partial charge in [-0.05, 0) is 38.5 Å². The van der Waals surface area contributed by atoms with Crippen molar-refractivity contribution in [3.05, 3.63) is 51.7 Å². The molecule has 2 aromatic heterocycles. The van der Waals surface area contributed by atoms with Crippen LogP contribution in [0.15, 0.2) is 35.3 Å². The third-order valence-electron chi connectivity index (χ3n) is 4.36. The molecule has 0 atom stereocenters. The average Bonchev–Trinajstić information content (AvgIpc) is 2.83. The molecule has 0 unspecified atom stereocenters. The Hall–Kier alpha value is -2.82. The summed E-state index contributed by atoms with van der Waals surface area (Å²) in [4.78, 5) is 16.5. The monoisotopic (exact) mass is 385 g/mol. The minimum atomic E-state index is -0.868. The number of aromatic nitrogens is 3. The quantitative estimate of drug-likeness (QED) is 0.657. The number of fused-ring (bicyclic) bond motifs is 1. The minimum Gasteiger partial charge on any atom is -0.390 e. The number of hydrogen-bond donors (Lipinski definition) is 2. The van der Waals surface area contributed by atoms with Gasteiger partial charge in [-0.1, -0.05) is 11.6 Å². The van der Waals surface area contributed by atoms with Gasteiger partial charge in [0.15, 0.2) is 0 Å². The van der Waals surface area contributed by atoms with E-state index in [2.05, 4.69) is 16.4 Å². The fourth-order valence-corrected chi connectivity index (χ4v) is 3.03. The standard InChI is InChI=1S/C19H20ClN5O2/c1-19(2,27)6-7-25-16-8-13(4-5-15(16)24(3)18(25)26)23-14-9-17(20)22-11-12(14)10-21/h4-5,8-9,11,27H,6-7H2,1-3H3,(H,22,23). The second-order valence-corrected chi connectivity index (χ2v) is 7.44. The number of halogens is 1. The summed E-state index contributed by atoms with van der Waals surface area (Å²) in [5.74, 6) is 0. The number of aryl methyl sites for hydroxylation is 2. The molecular weight excluding hydrogens is 366 g/mol. The third kappa shape index (κ3) is 3.97. The van der Waals surface area contributed by atoms with Crippen molar-refractivity contribution < 1.29 is 5.11 Å². The Bertz CT molecular complexity index is 1100. The number of rotatable bonds is 5. The van der Waals surface area contributed by atoms with E-state index >= 15 is 0 Å². The first-order valence-corrected chi connectivity index (χ1v) is 8.82. The predicted molar refractivity (Wildman–Crippen MR) is 105 cm³/mol. The summed E-state index contributed by atoms with van der Waals surface area (Å²) in [6.07, 6.45) is 1.85. The Morgan fingerprint density at radius 3 is 2.74 bits per heavy atom. The van der Waals surface area contributed by atoms with Crippen LogP contribution in [0.2, 0.25) is 5.15 Å². The zero-order valence-corrected chi connectivity index (χ0v) is 16.1. The van der Waals surface area contributed by atoms with Crippen molar-refractivity contribution in [3.63, 3.8) is 0 Å². The summed E-state index contributed by atoms with van der Waals surface area (Å²) in [6, 6.07) is 9.17. The maximum atomic E-state index is 12.6. The highest BCUT2D eigenvalue weighted by atomic mass is 35.5. The molecule has 0 amide bonds. The summed E-state index contributed by atoms with van der Waals surface area (Å²) in [5, 5.41) is 22.7. The second kappa shape index (κ2) is 7.06. The van der Waals surface area contributed by atoms with Crippen LogP contribution in [0.25, 0.3) is 11.0 Å². The Morgan fingerprint density at radius 1 is 1.33 bits per heavy atom. The first-order valence-electron chi connectivity index (χ1n) is 8.44. The maximum absolute atomic E-state index is 12.6. The van der Waals surface area contributed by atoms with E-state index in [0.717, 1.165) is 11.0 Å². The largest absolute Gasteiger partial charge is 0.390 e. The van der Waals surface area contributed by atoms with Crippen molar-refractivity contribution in [1.29, 1.82) is 5.26 Å². The van der Waals surface area contributed by atoms with Crippen molar-refractivity contribution in [2.45, 2.75) is 32.4 Å². The van der Waals surface area contributed by atoms with Gasteiger partial charge in [0.1, 0.15) is 11.2 Å². The Morgan fingerprint density at radius 2 is 2.07 bits per heavy atom. The van der Waals surface area contributed by atoms with E-state index in [1.807, 2.05) is 18.2 Å². The molecule has 1 aromatic carbocycles. The van der Waals surface area contributed by atoms with Gasteiger partial charge < -0.3 is 10.4 Å². The number of imidazole rings is 1. The Labute approximate surface area is 161 Å². The first kappa shape index (κ1) is 19.0. The zero-order chi connectivity index (χ0) is 19.8. The fraction of sp³-hybridized carbons (Fsp3) is 0.316. The number of nitrogens with one attached hydrogen (secondary N) is 1. The van der Waals surface area contributed by atoms with Crippen molar-refractivity contribution >= 4 is 34.0 Å². The van der Waals surface area contributed by atoms with Crippen molar-refractivity contribution in [2.24, 2.45) is 7.05 Å². The lowest BCUT2D eigenvalue weighted by Crippen LogP contribution is -2.27. The van der Waals surface area contributed by atoms with E-state index in [0.29, 0.717) is 29.9 Å². The van der Waals surface area contributed by atoms with Gasteiger partial charge >= 0.3 is 5.69 Å². The molecule has 0 saturated carbocycles. The molecule has 8 heteroatoms. The van der Waals surface area contributed by atoms with E-state index in [-0.39, 0.29) is 10.8 Å². The van der Waals surface area contributed by atoms with Gasteiger partial charge in [0.25, 0.3) is 0 Å². The summed E-state index contributed by atoms with van der Waals surface area (Å²) < 4.78 is 3.22.